The third-order valence-electron chi connectivity index (χ3n) is 9.37. The molecule has 0 saturated carbocycles. The summed E-state index contributed by atoms with van der Waals surface area (Å²) in [6.45, 7) is 9.95. The monoisotopic (exact) mass is 815 g/mol. The molecule has 3 rings (SSSR count). The summed E-state index contributed by atoms with van der Waals surface area (Å²) in [5.41, 5.74) is -0.593. The first-order valence-corrected chi connectivity index (χ1v) is 21.3. The number of carbonyl (C=O) groups is 5. The topological polar surface area (TPSA) is 210 Å². The first kappa shape index (κ1) is 47.2. The van der Waals surface area contributed by atoms with Crippen molar-refractivity contribution in [1.82, 2.24) is 26.2 Å². The zero-order chi connectivity index (χ0) is 42.2. The van der Waals surface area contributed by atoms with Gasteiger partial charge >= 0.3 is 0 Å². The van der Waals surface area contributed by atoms with Crippen molar-refractivity contribution in [2.75, 3.05) is 45.7 Å². The summed E-state index contributed by atoms with van der Waals surface area (Å²) in [6.07, 6.45) is 1.88. The van der Waals surface area contributed by atoms with Gasteiger partial charge in [0.25, 0.3) is 10.1 Å². The van der Waals surface area contributed by atoms with E-state index in [0.717, 1.165) is 18.7 Å². The van der Waals surface area contributed by atoms with E-state index < -0.39 is 70.0 Å². The van der Waals surface area contributed by atoms with E-state index in [4.69, 9.17) is 8.92 Å². The lowest BCUT2D eigenvalue weighted by molar-refractivity contribution is -0.143. The van der Waals surface area contributed by atoms with Crippen LogP contribution in [0.1, 0.15) is 65.0 Å². The van der Waals surface area contributed by atoms with Crippen molar-refractivity contribution in [2.45, 2.75) is 96.5 Å². The predicted octanol–water partition coefficient (Wildman–Crippen LogP) is 1.52. The highest BCUT2D eigenvalue weighted by Crippen LogP contribution is 2.17. The number of benzene rings is 2. The molecular formula is C41H61N5O10S. The molecule has 1 fully saturated rings. The molecule has 2 aromatic carbocycles. The van der Waals surface area contributed by atoms with E-state index >= 15 is 0 Å². The van der Waals surface area contributed by atoms with Crippen LogP contribution in [-0.4, -0.2) is 123 Å². The molecule has 0 aromatic heterocycles. The van der Waals surface area contributed by atoms with Crippen LogP contribution in [0.15, 0.2) is 60.7 Å². The number of hydrogen-bond donors (Lipinski definition) is 5. The fourth-order valence-electron chi connectivity index (χ4n) is 6.38. The zero-order valence-corrected chi connectivity index (χ0v) is 34.8. The molecule has 0 aliphatic carbocycles. The number of Topliss-reactive ketones (excluding diaryl/α,β-unsaturated/α-hetero) is 1. The lowest BCUT2D eigenvalue weighted by atomic mass is 9.90. The number of ketones is 1. The standard InChI is InChI=1S/C41H61N5O10S/c1-28(2)23-33(37(48)41(5,52)27-56-57(6,53)54)43-40(51)35(25-31-15-11-8-12-16-31)45-39(50)34(24-29(3)4)44-38(49)32(18-17-30-13-9-7-10-14-30)42-36(47)26-46-19-21-55-22-20-46/h7-16,28-29,32-35,52H,17-27H2,1-6H3,(H,42,47)(H,43,51)(H,44,49)(H,45,50)/t32-,33-,34-,35-,41?/m0/s1. The highest BCUT2D eigenvalue weighted by molar-refractivity contribution is 7.86. The van der Waals surface area contributed by atoms with Gasteiger partial charge in [0.15, 0.2) is 5.78 Å². The van der Waals surface area contributed by atoms with Gasteiger partial charge in [-0.05, 0) is 55.6 Å². The second-order valence-corrected chi connectivity index (χ2v) is 17.4. The number of carbonyl (C=O) groups excluding carboxylic acids is 5. The van der Waals surface area contributed by atoms with E-state index in [1.165, 1.54) is 0 Å². The summed E-state index contributed by atoms with van der Waals surface area (Å²) in [5.74, 6) is -3.31. The van der Waals surface area contributed by atoms with Gasteiger partial charge in [-0.3, -0.25) is 33.1 Å². The van der Waals surface area contributed by atoms with E-state index in [9.17, 15) is 37.5 Å². The molecule has 5 N–H and O–H groups in total. The maximum atomic E-state index is 14.1. The average molecular weight is 816 g/mol. The highest BCUT2D eigenvalue weighted by atomic mass is 32.2. The van der Waals surface area contributed by atoms with Crippen LogP contribution in [0.3, 0.4) is 0 Å². The summed E-state index contributed by atoms with van der Waals surface area (Å²) in [4.78, 5) is 71.0. The molecule has 0 spiro atoms. The van der Waals surface area contributed by atoms with Crippen molar-refractivity contribution in [2.24, 2.45) is 11.8 Å². The van der Waals surface area contributed by atoms with E-state index in [1.807, 2.05) is 62.9 Å². The van der Waals surface area contributed by atoms with Crippen molar-refractivity contribution in [3.05, 3.63) is 71.8 Å². The van der Waals surface area contributed by atoms with Gasteiger partial charge in [-0.15, -0.1) is 0 Å². The van der Waals surface area contributed by atoms with E-state index in [2.05, 4.69) is 21.3 Å². The van der Waals surface area contributed by atoms with Gasteiger partial charge in [0.2, 0.25) is 23.6 Å². The minimum Gasteiger partial charge on any atom is -0.380 e. The molecule has 16 heteroatoms. The summed E-state index contributed by atoms with van der Waals surface area (Å²) < 4.78 is 33.4. The number of ether oxygens (including phenoxy) is 1. The fourth-order valence-corrected chi connectivity index (χ4v) is 6.82. The van der Waals surface area contributed by atoms with Crippen LogP contribution >= 0.6 is 0 Å². The number of nitrogens with zero attached hydrogens (tertiary/aromatic N) is 1. The lowest BCUT2D eigenvalue weighted by Gasteiger charge is -2.30. The molecule has 1 saturated heterocycles. The third-order valence-corrected chi connectivity index (χ3v) is 9.91. The zero-order valence-electron chi connectivity index (χ0n) is 34.0. The Balaban J connectivity index is 1.85. The first-order valence-electron chi connectivity index (χ1n) is 19.5. The second-order valence-electron chi connectivity index (χ2n) is 15.8. The van der Waals surface area contributed by atoms with Crippen LogP contribution in [0.2, 0.25) is 0 Å². The van der Waals surface area contributed by atoms with Crippen molar-refractivity contribution in [3.8, 4) is 0 Å². The fraction of sp³-hybridized carbons (Fsp3) is 0.585. The summed E-state index contributed by atoms with van der Waals surface area (Å²) in [5, 5.41) is 22.2. The number of aliphatic hydroxyl groups is 1. The molecule has 316 valence electrons. The summed E-state index contributed by atoms with van der Waals surface area (Å²) >= 11 is 0. The number of morpholine rings is 1. The normalized spacial score (nSPS) is 16.8. The minimum absolute atomic E-state index is 0.0221. The Kier molecular flexibility index (Phi) is 18.7. The average Bonchev–Trinajstić information content (AvgIpc) is 3.15. The number of amides is 4. The van der Waals surface area contributed by atoms with Gasteiger partial charge < -0.3 is 31.1 Å². The molecule has 0 radical (unpaired) electrons. The van der Waals surface area contributed by atoms with Crippen LogP contribution in [-0.2, 0) is 55.9 Å². The summed E-state index contributed by atoms with van der Waals surface area (Å²) in [7, 11) is -3.99. The van der Waals surface area contributed by atoms with Crippen LogP contribution in [0.5, 0.6) is 0 Å². The van der Waals surface area contributed by atoms with Crippen molar-refractivity contribution >= 4 is 39.5 Å². The van der Waals surface area contributed by atoms with Crippen LogP contribution in [0, 0.1) is 11.8 Å². The molecule has 57 heavy (non-hydrogen) atoms. The highest BCUT2D eigenvalue weighted by Gasteiger charge is 2.39. The molecule has 1 heterocycles. The quantitative estimate of drug-likeness (QED) is 0.102. The Morgan fingerprint density at radius 1 is 0.754 bits per heavy atom. The number of rotatable bonds is 23. The van der Waals surface area contributed by atoms with Crippen LogP contribution in [0.25, 0.3) is 0 Å². The minimum atomic E-state index is -3.99. The molecule has 4 amide bonds. The Bertz CT molecular complexity index is 1720. The van der Waals surface area contributed by atoms with Crippen LogP contribution < -0.4 is 21.3 Å². The molecule has 1 aliphatic rings. The van der Waals surface area contributed by atoms with Gasteiger partial charge in [-0.2, -0.15) is 8.42 Å². The Morgan fingerprint density at radius 2 is 1.25 bits per heavy atom. The Hall–Kier alpha value is -4.22. The lowest BCUT2D eigenvalue weighted by Crippen LogP contribution is -2.60. The van der Waals surface area contributed by atoms with E-state index in [1.54, 1.807) is 30.3 Å². The molecule has 1 aliphatic heterocycles. The molecule has 1 unspecified atom stereocenters. The SMILES string of the molecule is CC(C)C[C@H](NC(=O)[C@H](CCc1ccccc1)NC(=O)CN1CCOCC1)C(=O)N[C@@H](Cc1ccccc1)C(=O)N[C@@H](CC(C)C)C(=O)C(C)(O)COS(C)(=O)=O. The number of aryl methyl sites for hydroxylation is 1. The summed E-state index contributed by atoms with van der Waals surface area (Å²) in [6, 6.07) is 13.9. The molecule has 15 nitrogen and oxygen atoms in total. The van der Waals surface area contributed by atoms with Crippen molar-refractivity contribution in [3.63, 3.8) is 0 Å². The first-order chi connectivity index (χ1) is 26.8. The maximum Gasteiger partial charge on any atom is 0.264 e. The second kappa shape index (κ2) is 22.6. The van der Waals surface area contributed by atoms with Gasteiger partial charge in [0, 0.05) is 19.5 Å². The van der Waals surface area contributed by atoms with Gasteiger partial charge in [-0.1, -0.05) is 88.4 Å². The third kappa shape index (κ3) is 17.4. The van der Waals surface area contributed by atoms with Gasteiger partial charge in [-0.25, -0.2) is 0 Å². The van der Waals surface area contributed by atoms with Gasteiger partial charge in [0.1, 0.15) is 30.3 Å². The van der Waals surface area contributed by atoms with Crippen molar-refractivity contribution in [1.29, 1.82) is 0 Å². The molecule has 5 atom stereocenters. The predicted molar refractivity (Wildman–Crippen MR) is 215 cm³/mol. The van der Waals surface area contributed by atoms with Crippen LogP contribution in [0.4, 0.5) is 0 Å². The number of nitrogens with one attached hydrogen (secondary N) is 4. The van der Waals surface area contributed by atoms with E-state index in [-0.39, 0.29) is 50.0 Å². The number of hydrogen-bond acceptors (Lipinski definition) is 11. The van der Waals surface area contributed by atoms with Gasteiger partial charge in [0.05, 0.1) is 32.1 Å². The maximum absolute atomic E-state index is 14.1. The molecule has 2 aromatic rings. The molecule has 0 bridgehead atoms. The Morgan fingerprint density at radius 3 is 1.81 bits per heavy atom. The Labute approximate surface area is 337 Å². The van der Waals surface area contributed by atoms with Crippen molar-refractivity contribution < 1.29 is 46.4 Å². The smallest absolute Gasteiger partial charge is 0.264 e. The largest absolute Gasteiger partial charge is 0.380 e. The molecular weight excluding hydrogens is 755 g/mol. The van der Waals surface area contributed by atoms with E-state index in [0.29, 0.717) is 38.3 Å².